The summed E-state index contributed by atoms with van der Waals surface area (Å²) in [6.07, 6.45) is -0.868. The van der Waals surface area contributed by atoms with E-state index in [4.69, 9.17) is 9.47 Å². The molecule has 0 fully saturated rings. The number of benzene rings is 2. The Kier molecular flexibility index (Phi) is 3.73. The number of methoxy groups -OCH3 is 2. The molecule has 3 rings (SSSR count). The highest BCUT2D eigenvalue weighted by Gasteiger charge is 2.36. The summed E-state index contributed by atoms with van der Waals surface area (Å²) in [7, 11) is 3.14. The number of fused-ring (bicyclic) bond motifs is 1. The summed E-state index contributed by atoms with van der Waals surface area (Å²) < 4.78 is 10.4. The summed E-state index contributed by atoms with van der Waals surface area (Å²) in [5.74, 6) is 1.10. The molecule has 2 N–H and O–H groups in total. The van der Waals surface area contributed by atoms with Gasteiger partial charge in [0.2, 0.25) is 0 Å². The standard InChI is InChI=1S/C17H17NO4/c1-21-11-8-6-10(7-9-11)16(19)15-14-12(17(20)18-15)4-3-5-13(14)22-2/h3-9,15-16,19H,1-2H3,(H,18,20)/t15-,16+/m1/s1. The fourth-order valence-corrected chi connectivity index (χ4v) is 2.76. The highest BCUT2D eigenvalue weighted by molar-refractivity contribution is 6.00. The average molecular weight is 299 g/mol. The van der Waals surface area contributed by atoms with E-state index in [9.17, 15) is 9.90 Å². The number of aliphatic hydroxyl groups excluding tert-OH is 1. The Hall–Kier alpha value is -2.53. The summed E-state index contributed by atoms with van der Waals surface area (Å²) in [4.78, 5) is 12.1. The monoisotopic (exact) mass is 299 g/mol. The maximum atomic E-state index is 12.1. The lowest BCUT2D eigenvalue weighted by Crippen LogP contribution is -2.24. The molecule has 0 saturated carbocycles. The van der Waals surface area contributed by atoms with Crippen LogP contribution in [-0.2, 0) is 0 Å². The van der Waals surface area contributed by atoms with Gasteiger partial charge in [0, 0.05) is 11.1 Å². The summed E-state index contributed by atoms with van der Waals surface area (Å²) in [5, 5.41) is 13.5. The van der Waals surface area contributed by atoms with Crippen LogP contribution >= 0.6 is 0 Å². The van der Waals surface area contributed by atoms with Crippen LogP contribution in [0.2, 0.25) is 0 Å². The van der Waals surface area contributed by atoms with E-state index in [2.05, 4.69) is 5.32 Å². The van der Waals surface area contributed by atoms with E-state index in [1.165, 1.54) is 0 Å². The average Bonchev–Trinajstić information content (AvgIpc) is 2.91. The predicted molar refractivity (Wildman–Crippen MR) is 81.2 cm³/mol. The second-order valence-electron chi connectivity index (χ2n) is 5.09. The molecular weight excluding hydrogens is 282 g/mol. The van der Waals surface area contributed by atoms with Crippen LogP contribution < -0.4 is 14.8 Å². The van der Waals surface area contributed by atoms with E-state index >= 15 is 0 Å². The van der Waals surface area contributed by atoms with Gasteiger partial charge in [-0.05, 0) is 29.8 Å². The zero-order valence-corrected chi connectivity index (χ0v) is 12.4. The van der Waals surface area contributed by atoms with E-state index in [0.29, 0.717) is 28.2 Å². The fourth-order valence-electron chi connectivity index (χ4n) is 2.76. The van der Waals surface area contributed by atoms with Gasteiger partial charge < -0.3 is 19.9 Å². The molecule has 0 bridgehead atoms. The van der Waals surface area contributed by atoms with Crippen molar-refractivity contribution >= 4 is 5.91 Å². The molecule has 0 radical (unpaired) electrons. The number of nitrogens with one attached hydrogen (secondary N) is 1. The number of rotatable bonds is 4. The Morgan fingerprint density at radius 1 is 1.09 bits per heavy atom. The smallest absolute Gasteiger partial charge is 0.252 e. The molecule has 0 spiro atoms. The Labute approximate surface area is 128 Å². The number of hydrogen-bond acceptors (Lipinski definition) is 4. The number of amides is 1. The van der Waals surface area contributed by atoms with Gasteiger partial charge in [-0.2, -0.15) is 0 Å². The Morgan fingerprint density at radius 2 is 1.82 bits per heavy atom. The summed E-state index contributed by atoms with van der Waals surface area (Å²) in [6.45, 7) is 0. The van der Waals surface area contributed by atoms with E-state index < -0.39 is 12.1 Å². The van der Waals surface area contributed by atoms with Crippen molar-refractivity contribution in [1.29, 1.82) is 0 Å². The second-order valence-corrected chi connectivity index (χ2v) is 5.09. The van der Waals surface area contributed by atoms with E-state index in [1.807, 2.05) is 0 Å². The molecular formula is C17H17NO4. The largest absolute Gasteiger partial charge is 0.497 e. The molecule has 2 aromatic rings. The van der Waals surface area contributed by atoms with Gasteiger partial charge in [-0.1, -0.05) is 18.2 Å². The van der Waals surface area contributed by atoms with Crippen molar-refractivity contribution in [2.45, 2.75) is 12.1 Å². The Bertz CT molecular complexity index is 696. The molecule has 0 unspecified atom stereocenters. The van der Waals surface area contributed by atoms with Gasteiger partial charge in [-0.15, -0.1) is 0 Å². The fraction of sp³-hybridized carbons (Fsp3) is 0.235. The zero-order valence-electron chi connectivity index (χ0n) is 12.4. The number of carbonyl (C=O) groups excluding carboxylic acids is 1. The molecule has 2 atom stereocenters. The van der Waals surface area contributed by atoms with Gasteiger partial charge in [0.25, 0.3) is 5.91 Å². The van der Waals surface area contributed by atoms with E-state index in [1.54, 1.807) is 56.7 Å². The van der Waals surface area contributed by atoms with Crippen LogP contribution in [-0.4, -0.2) is 25.2 Å². The predicted octanol–water partition coefficient (Wildman–Crippen LogP) is 2.22. The minimum atomic E-state index is -0.868. The molecule has 22 heavy (non-hydrogen) atoms. The summed E-state index contributed by atoms with van der Waals surface area (Å²) in [5.41, 5.74) is 1.93. The highest BCUT2D eigenvalue weighted by Crippen LogP contribution is 2.40. The van der Waals surface area contributed by atoms with Gasteiger partial charge >= 0.3 is 0 Å². The van der Waals surface area contributed by atoms with E-state index in [0.717, 1.165) is 0 Å². The lowest BCUT2D eigenvalue weighted by molar-refractivity contribution is 0.0879. The van der Waals surface area contributed by atoms with Crippen molar-refractivity contribution in [2.24, 2.45) is 0 Å². The quantitative estimate of drug-likeness (QED) is 0.908. The van der Waals surface area contributed by atoms with Gasteiger partial charge in [-0.25, -0.2) is 0 Å². The van der Waals surface area contributed by atoms with Crippen LogP contribution in [0.4, 0.5) is 0 Å². The lowest BCUT2D eigenvalue weighted by Gasteiger charge is -2.21. The van der Waals surface area contributed by atoms with Crippen molar-refractivity contribution in [3.8, 4) is 11.5 Å². The normalized spacial score (nSPS) is 17.6. The van der Waals surface area contributed by atoms with E-state index in [-0.39, 0.29) is 5.91 Å². The van der Waals surface area contributed by atoms with Crippen molar-refractivity contribution < 1.29 is 19.4 Å². The van der Waals surface area contributed by atoms with Crippen LogP contribution in [0.15, 0.2) is 42.5 Å². The van der Waals surface area contributed by atoms with Crippen molar-refractivity contribution in [3.63, 3.8) is 0 Å². The first-order valence-electron chi connectivity index (χ1n) is 6.95. The molecule has 5 heteroatoms. The van der Waals surface area contributed by atoms with Crippen LogP contribution in [0.25, 0.3) is 0 Å². The van der Waals surface area contributed by atoms with Crippen LogP contribution in [0.1, 0.15) is 33.6 Å². The number of carbonyl (C=O) groups is 1. The zero-order chi connectivity index (χ0) is 15.7. The second kappa shape index (κ2) is 5.69. The molecule has 1 aliphatic rings. The third-order valence-electron chi connectivity index (χ3n) is 3.90. The maximum absolute atomic E-state index is 12.1. The van der Waals surface area contributed by atoms with Gasteiger partial charge in [0.1, 0.15) is 17.6 Å². The number of ether oxygens (including phenoxy) is 2. The molecule has 114 valence electrons. The number of aliphatic hydroxyl groups is 1. The molecule has 1 heterocycles. The third kappa shape index (κ3) is 2.29. The van der Waals surface area contributed by atoms with Crippen molar-refractivity contribution in [2.75, 3.05) is 14.2 Å². The van der Waals surface area contributed by atoms with Crippen LogP contribution in [0.3, 0.4) is 0 Å². The molecule has 2 aromatic carbocycles. The molecule has 0 aromatic heterocycles. The first-order valence-corrected chi connectivity index (χ1v) is 6.95. The Balaban J connectivity index is 1.98. The van der Waals surface area contributed by atoms with Crippen LogP contribution in [0.5, 0.6) is 11.5 Å². The first-order chi connectivity index (χ1) is 10.7. The molecule has 0 saturated heterocycles. The SMILES string of the molecule is COc1ccc([C@H](O)[C@@H]2NC(=O)c3cccc(OC)c32)cc1. The Morgan fingerprint density at radius 3 is 2.45 bits per heavy atom. The highest BCUT2D eigenvalue weighted by atomic mass is 16.5. The van der Waals surface area contributed by atoms with Gasteiger partial charge in [0.15, 0.2) is 0 Å². The van der Waals surface area contributed by atoms with Gasteiger partial charge in [0.05, 0.1) is 20.3 Å². The molecule has 1 aliphatic heterocycles. The molecule has 5 nitrogen and oxygen atoms in total. The molecule has 1 amide bonds. The number of hydrogen-bond donors (Lipinski definition) is 2. The summed E-state index contributed by atoms with van der Waals surface area (Å²) in [6, 6.07) is 11.9. The third-order valence-corrected chi connectivity index (χ3v) is 3.90. The first kappa shape index (κ1) is 14.4. The lowest BCUT2D eigenvalue weighted by atomic mass is 9.95. The molecule has 0 aliphatic carbocycles. The van der Waals surface area contributed by atoms with Crippen LogP contribution in [0, 0.1) is 0 Å². The van der Waals surface area contributed by atoms with Crippen molar-refractivity contribution in [1.82, 2.24) is 5.32 Å². The maximum Gasteiger partial charge on any atom is 0.252 e. The minimum absolute atomic E-state index is 0.202. The van der Waals surface area contributed by atoms with Gasteiger partial charge in [-0.3, -0.25) is 4.79 Å². The minimum Gasteiger partial charge on any atom is -0.497 e. The van der Waals surface area contributed by atoms with Crippen molar-refractivity contribution in [3.05, 3.63) is 59.2 Å². The summed E-state index contributed by atoms with van der Waals surface area (Å²) >= 11 is 0. The topological polar surface area (TPSA) is 67.8 Å².